The lowest BCUT2D eigenvalue weighted by Gasteiger charge is -2.30. The van der Waals surface area contributed by atoms with Crippen LogP contribution in [0.3, 0.4) is 0 Å². The number of ketones is 1. The molecule has 2 amide bonds. The van der Waals surface area contributed by atoms with E-state index in [-0.39, 0.29) is 15.6 Å². The second-order valence-electron chi connectivity index (χ2n) is 8.60. The van der Waals surface area contributed by atoms with Crippen molar-refractivity contribution in [2.75, 3.05) is 4.90 Å². The van der Waals surface area contributed by atoms with Crippen LogP contribution in [0.2, 0.25) is 5.02 Å². The molecule has 5 rings (SSSR count). The monoisotopic (exact) mass is 566 g/mol. The number of aromatic nitrogens is 1. The molecule has 0 spiro atoms. The van der Waals surface area contributed by atoms with Crippen LogP contribution in [-0.2, 0) is 24.4 Å². The number of anilines is 1. The third-order valence-corrected chi connectivity index (χ3v) is 8.51. The van der Waals surface area contributed by atoms with Gasteiger partial charge in [-0.25, -0.2) is 9.88 Å². The van der Waals surface area contributed by atoms with E-state index >= 15 is 0 Å². The molecule has 1 aliphatic rings. The molecule has 12 heteroatoms. The van der Waals surface area contributed by atoms with Gasteiger partial charge < -0.3 is 0 Å². The van der Waals surface area contributed by atoms with Crippen molar-refractivity contribution >= 4 is 72.2 Å². The molecule has 1 atom stereocenters. The number of benzene rings is 3. The number of imide groups is 1. The van der Waals surface area contributed by atoms with Crippen molar-refractivity contribution in [1.82, 2.24) is 9.82 Å². The number of nitrogens with one attached hydrogen (secondary N) is 1. The van der Waals surface area contributed by atoms with E-state index in [1.807, 2.05) is 6.92 Å². The van der Waals surface area contributed by atoms with E-state index < -0.39 is 39.3 Å². The lowest BCUT2D eigenvalue weighted by molar-refractivity contribution is -0.139. The summed E-state index contributed by atoms with van der Waals surface area (Å²) in [5, 5.41) is 4.45. The first-order valence-electron chi connectivity index (χ1n) is 11.3. The average Bonchev–Trinajstić information content (AvgIpc) is 3.30. The molecule has 4 aromatic rings. The molecule has 3 aromatic carbocycles. The van der Waals surface area contributed by atoms with Gasteiger partial charge in [-0.1, -0.05) is 41.4 Å². The Hall–Kier alpha value is -3.93. The van der Waals surface area contributed by atoms with Crippen LogP contribution in [0.4, 0.5) is 5.69 Å². The Kier molecular flexibility index (Phi) is 6.59. The highest BCUT2D eigenvalue weighted by molar-refractivity contribution is 7.89. The van der Waals surface area contributed by atoms with Gasteiger partial charge in [-0.2, -0.15) is 18.4 Å². The number of carbonyl (C=O) groups is 3. The standard InChI is InChI=1S/C26H19ClN4O5S2/c1-14-7-10-17(11-8-14)38(35,36)30-29-22-21(24-28-18-5-3-4-6-20(18)37-24)23(32)26(34)31(25(22)33)19-12-9-16(27)13-15(19)2/h3-13,21,30H,1-2H3/b29-22-. The van der Waals surface area contributed by atoms with Crippen molar-refractivity contribution in [3.05, 3.63) is 87.9 Å². The van der Waals surface area contributed by atoms with Crippen LogP contribution in [0, 0.1) is 13.8 Å². The van der Waals surface area contributed by atoms with E-state index in [0.717, 1.165) is 21.6 Å². The minimum Gasteiger partial charge on any atom is -0.287 e. The highest BCUT2D eigenvalue weighted by Crippen LogP contribution is 2.35. The lowest BCUT2D eigenvalue weighted by Crippen LogP contribution is -2.55. The fourth-order valence-corrected chi connectivity index (χ4v) is 6.13. The molecule has 1 unspecified atom stereocenters. The molecule has 192 valence electrons. The Morgan fingerprint density at radius 3 is 2.37 bits per heavy atom. The van der Waals surface area contributed by atoms with Crippen LogP contribution in [0.5, 0.6) is 0 Å². The quantitative estimate of drug-likeness (QED) is 0.220. The molecule has 0 aliphatic carbocycles. The minimum atomic E-state index is -4.20. The summed E-state index contributed by atoms with van der Waals surface area (Å²) in [6.07, 6.45) is 0. The van der Waals surface area contributed by atoms with E-state index in [1.54, 1.807) is 49.4 Å². The molecule has 1 N–H and O–H groups in total. The van der Waals surface area contributed by atoms with E-state index in [1.165, 1.54) is 24.3 Å². The number of rotatable bonds is 5. The highest BCUT2D eigenvalue weighted by atomic mass is 35.5. The van der Waals surface area contributed by atoms with Crippen LogP contribution in [0.1, 0.15) is 22.1 Å². The summed E-state index contributed by atoms with van der Waals surface area (Å²) in [5.74, 6) is -4.48. The van der Waals surface area contributed by atoms with Crippen LogP contribution in [-0.4, -0.2) is 36.7 Å². The van der Waals surface area contributed by atoms with Gasteiger partial charge >= 0.3 is 5.91 Å². The summed E-state index contributed by atoms with van der Waals surface area (Å²) in [6.45, 7) is 3.44. The maximum Gasteiger partial charge on any atom is 0.302 e. The first kappa shape index (κ1) is 25.7. The Morgan fingerprint density at radius 2 is 1.68 bits per heavy atom. The number of thiazole rings is 1. The van der Waals surface area contributed by atoms with Gasteiger partial charge in [-0.15, -0.1) is 11.3 Å². The van der Waals surface area contributed by atoms with Crippen molar-refractivity contribution in [2.45, 2.75) is 24.7 Å². The number of nitrogens with zero attached hydrogens (tertiary/aromatic N) is 3. The van der Waals surface area contributed by atoms with Gasteiger partial charge in [0.1, 0.15) is 16.6 Å². The number of Topliss-reactive ketones (excluding diaryl/α,β-unsaturated/α-hetero) is 1. The van der Waals surface area contributed by atoms with Crippen LogP contribution in [0.25, 0.3) is 10.2 Å². The summed E-state index contributed by atoms with van der Waals surface area (Å²) in [4.78, 5) is 47.6. The van der Waals surface area contributed by atoms with Gasteiger partial charge in [0.2, 0.25) is 5.78 Å². The molecular formula is C26H19ClN4O5S2. The number of hydrogen-bond donors (Lipinski definition) is 1. The summed E-state index contributed by atoms with van der Waals surface area (Å²) >= 11 is 7.15. The first-order chi connectivity index (χ1) is 18.1. The summed E-state index contributed by atoms with van der Waals surface area (Å²) in [5.41, 5.74) is 1.54. The number of fused-ring (bicyclic) bond motifs is 1. The van der Waals surface area contributed by atoms with Gasteiger partial charge in [0.15, 0.2) is 0 Å². The van der Waals surface area contributed by atoms with Crippen molar-refractivity contribution < 1.29 is 22.8 Å². The van der Waals surface area contributed by atoms with Crippen molar-refractivity contribution in [3.8, 4) is 0 Å². The molecule has 1 saturated heterocycles. The predicted octanol–water partition coefficient (Wildman–Crippen LogP) is 4.13. The molecule has 1 fully saturated rings. The molecule has 0 bridgehead atoms. The summed E-state index contributed by atoms with van der Waals surface area (Å²) in [7, 11) is -4.20. The van der Waals surface area contributed by atoms with Crippen LogP contribution in [0.15, 0.2) is 76.7 Å². The number of hydrazone groups is 1. The van der Waals surface area contributed by atoms with Gasteiger partial charge in [-0.3, -0.25) is 14.4 Å². The van der Waals surface area contributed by atoms with Gasteiger partial charge in [0, 0.05) is 5.02 Å². The summed E-state index contributed by atoms with van der Waals surface area (Å²) < 4.78 is 26.6. The number of hydrogen-bond acceptors (Lipinski definition) is 8. The number of carbonyl (C=O) groups excluding carboxylic acids is 3. The number of para-hydroxylation sites is 1. The zero-order chi connectivity index (χ0) is 27.2. The number of aryl methyl sites for hydroxylation is 2. The molecule has 38 heavy (non-hydrogen) atoms. The number of amides is 2. The van der Waals surface area contributed by atoms with Gasteiger partial charge in [-0.05, 0) is 61.9 Å². The van der Waals surface area contributed by atoms with E-state index in [0.29, 0.717) is 21.0 Å². The predicted molar refractivity (Wildman–Crippen MR) is 145 cm³/mol. The Bertz CT molecular complexity index is 1730. The fourth-order valence-electron chi connectivity index (χ4n) is 4.01. The van der Waals surface area contributed by atoms with E-state index in [9.17, 15) is 22.8 Å². The molecular weight excluding hydrogens is 548 g/mol. The zero-order valence-corrected chi connectivity index (χ0v) is 22.4. The number of halogens is 1. The lowest BCUT2D eigenvalue weighted by atomic mass is 9.91. The van der Waals surface area contributed by atoms with Crippen molar-refractivity contribution in [3.63, 3.8) is 0 Å². The third-order valence-electron chi connectivity index (χ3n) is 5.95. The summed E-state index contributed by atoms with van der Waals surface area (Å²) in [6, 6.07) is 17.5. The largest absolute Gasteiger partial charge is 0.302 e. The van der Waals surface area contributed by atoms with Gasteiger partial charge in [0.25, 0.3) is 15.9 Å². The fraction of sp³-hybridized carbons (Fsp3) is 0.115. The SMILES string of the molecule is Cc1ccc(S(=O)(=O)N/N=C2\C(=O)N(c3ccc(Cl)cc3C)C(=O)C(=O)C2c2nc3ccccc3s2)cc1. The maximum absolute atomic E-state index is 13.7. The molecule has 0 saturated carbocycles. The molecule has 1 aliphatic heterocycles. The maximum atomic E-state index is 13.7. The Balaban J connectivity index is 1.63. The van der Waals surface area contributed by atoms with Gasteiger partial charge in [0.05, 0.1) is 20.8 Å². The molecule has 9 nitrogen and oxygen atoms in total. The van der Waals surface area contributed by atoms with Crippen molar-refractivity contribution in [1.29, 1.82) is 0 Å². The molecule has 1 aromatic heterocycles. The minimum absolute atomic E-state index is 0.0833. The third kappa shape index (κ3) is 4.60. The Labute approximate surface area is 226 Å². The average molecular weight is 567 g/mol. The van der Waals surface area contributed by atoms with Crippen molar-refractivity contribution in [2.24, 2.45) is 5.10 Å². The molecule has 2 heterocycles. The van der Waals surface area contributed by atoms with E-state index in [2.05, 4.69) is 14.9 Å². The smallest absolute Gasteiger partial charge is 0.287 e. The number of piperidine rings is 1. The Morgan fingerprint density at radius 1 is 0.974 bits per heavy atom. The molecule has 0 radical (unpaired) electrons. The highest BCUT2D eigenvalue weighted by Gasteiger charge is 2.49. The second-order valence-corrected chi connectivity index (χ2v) is 11.8. The number of sulfonamides is 1. The van der Waals surface area contributed by atoms with Crippen LogP contribution < -0.4 is 9.73 Å². The van der Waals surface area contributed by atoms with Crippen LogP contribution >= 0.6 is 22.9 Å². The normalized spacial score (nSPS) is 17.4. The zero-order valence-electron chi connectivity index (χ0n) is 20.0. The van der Waals surface area contributed by atoms with E-state index in [4.69, 9.17) is 11.6 Å². The first-order valence-corrected chi connectivity index (χ1v) is 13.9. The second kappa shape index (κ2) is 9.75. The topological polar surface area (TPSA) is 126 Å².